The number of ether oxygens (including phenoxy) is 1. The van der Waals surface area contributed by atoms with Crippen LogP contribution < -0.4 is 5.32 Å². The fraction of sp³-hybridized carbons (Fsp3) is 0.222. The molecule has 1 aliphatic carbocycles. The van der Waals surface area contributed by atoms with Gasteiger partial charge in [-0.15, -0.1) is 0 Å². The van der Waals surface area contributed by atoms with E-state index >= 15 is 0 Å². The van der Waals surface area contributed by atoms with E-state index in [-0.39, 0.29) is 41.1 Å². The molecule has 0 unspecified atom stereocenters. The first-order valence-corrected chi connectivity index (χ1v) is 7.51. The molecule has 25 heavy (non-hydrogen) atoms. The molecule has 0 fully saturated rings. The maximum atomic E-state index is 13.2. The summed E-state index contributed by atoms with van der Waals surface area (Å²) in [7, 11) is 1.45. The number of carbonyl (C=O) groups excluding carboxylic acids is 2. The van der Waals surface area contributed by atoms with E-state index in [0.717, 1.165) is 12.1 Å². The van der Waals surface area contributed by atoms with Gasteiger partial charge in [0.1, 0.15) is 0 Å². The van der Waals surface area contributed by atoms with Gasteiger partial charge >= 0.3 is 6.18 Å². The molecule has 3 rings (SSSR count). The van der Waals surface area contributed by atoms with Crippen molar-refractivity contribution in [3.63, 3.8) is 0 Å². The van der Waals surface area contributed by atoms with Gasteiger partial charge in [-0.25, -0.2) is 0 Å². The maximum Gasteiger partial charge on any atom is 0.416 e. The SMILES string of the molecule is COCCNc1cc(C(F)(F)F)cc2c1C(=O)c1ccccc1C2=O. The van der Waals surface area contributed by atoms with E-state index in [1.54, 1.807) is 12.1 Å². The van der Waals surface area contributed by atoms with Crippen LogP contribution in [0.5, 0.6) is 0 Å². The van der Waals surface area contributed by atoms with Gasteiger partial charge < -0.3 is 10.1 Å². The Balaban J connectivity index is 2.19. The second kappa shape index (κ2) is 6.33. The first-order chi connectivity index (χ1) is 11.8. The number of ketones is 2. The fourth-order valence-electron chi connectivity index (χ4n) is 2.82. The van der Waals surface area contributed by atoms with Crippen molar-refractivity contribution < 1.29 is 27.5 Å². The number of halogens is 3. The molecule has 130 valence electrons. The number of hydrogen-bond acceptors (Lipinski definition) is 4. The molecular weight excluding hydrogens is 335 g/mol. The summed E-state index contributed by atoms with van der Waals surface area (Å²) in [6, 6.07) is 7.71. The van der Waals surface area contributed by atoms with E-state index in [4.69, 9.17) is 4.74 Å². The third-order valence-electron chi connectivity index (χ3n) is 3.98. The van der Waals surface area contributed by atoms with Crippen LogP contribution in [0.15, 0.2) is 36.4 Å². The lowest BCUT2D eigenvalue weighted by Gasteiger charge is -2.22. The summed E-state index contributed by atoms with van der Waals surface area (Å²) in [6.45, 7) is 0.442. The zero-order valence-electron chi connectivity index (χ0n) is 13.2. The van der Waals surface area contributed by atoms with Crippen molar-refractivity contribution >= 4 is 17.3 Å². The fourth-order valence-corrected chi connectivity index (χ4v) is 2.82. The standard InChI is InChI=1S/C18H14F3NO3/c1-25-7-6-22-14-9-10(18(19,20)21)8-13-15(14)17(24)12-5-3-2-4-11(12)16(13)23/h2-5,8-9,22H,6-7H2,1H3. The zero-order valence-corrected chi connectivity index (χ0v) is 13.2. The Kier molecular flexibility index (Phi) is 4.34. The number of hydrogen-bond donors (Lipinski definition) is 1. The van der Waals surface area contributed by atoms with Crippen LogP contribution in [0.25, 0.3) is 0 Å². The van der Waals surface area contributed by atoms with Crippen LogP contribution in [-0.4, -0.2) is 31.8 Å². The van der Waals surface area contributed by atoms with E-state index in [1.165, 1.54) is 19.2 Å². The Labute approximate surface area is 141 Å². The number of fused-ring (bicyclic) bond motifs is 2. The monoisotopic (exact) mass is 349 g/mol. The summed E-state index contributed by atoms with van der Waals surface area (Å²) in [5.74, 6) is -1.06. The number of methoxy groups -OCH3 is 1. The lowest BCUT2D eigenvalue weighted by Crippen LogP contribution is -2.24. The molecular formula is C18H14F3NO3. The average molecular weight is 349 g/mol. The Bertz CT molecular complexity index is 859. The Morgan fingerprint density at radius 1 is 1.00 bits per heavy atom. The highest BCUT2D eigenvalue weighted by Gasteiger charge is 2.37. The van der Waals surface area contributed by atoms with E-state index in [1.807, 2.05) is 0 Å². The molecule has 1 N–H and O–H groups in total. The van der Waals surface area contributed by atoms with E-state index in [2.05, 4.69) is 5.32 Å². The molecule has 0 aromatic heterocycles. The molecule has 7 heteroatoms. The number of benzene rings is 2. The average Bonchev–Trinajstić information content (AvgIpc) is 2.58. The van der Waals surface area contributed by atoms with Crippen molar-refractivity contribution in [1.82, 2.24) is 0 Å². The van der Waals surface area contributed by atoms with E-state index in [9.17, 15) is 22.8 Å². The van der Waals surface area contributed by atoms with Gasteiger partial charge in [0.2, 0.25) is 0 Å². The minimum atomic E-state index is -4.63. The topological polar surface area (TPSA) is 55.4 Å². The number of rotatable bonds is 4. The van der Waals surface area contributed by atoms with Gasteiger partial charge in [0.15, 0.2) is 11.6 Å². The molecule has 4 nitrogen and oxygen atoms in total. The van der Waals surface area contributed by atoms with Gasteiger partial charge in [0.25, 0.3) is 0 Å². The lowest BCUT2D eigenvalue weighted by atomic mass is 9.82. The molecule has 0 heterocycles. The number of alkyl halides is 3. The van der Waals surface area contributed by atoms with Crippen molar-refractivity contribution in [3.05, 3.63) is 64.2 Å². The summed E-state index contributed by atoms with van der Waals surface area (Å²) in [4.78, 5) is 25.4. The quantitative estimate of drug-likeness (QED) is 0.732. The zero-order chi connectivity index (χ0) is 18.2. The minimum absolute atomic E-state index is 0.0188. The largest absolute Gasteiger partial charge is 0.416 e. The minimum Gasteiger partial charge on any atom is -0.383 e. The van der Waals surface area contributed by atoms with Gasteiger partial charge in [0.05, 0.1) is 17.7 Å². The number of anilines is 1. The Morgan fingerprint density at radius 3 is 2.24 bits per heavy atom. The van der Waals surface area contributed by atoms with Crippen molar-refractivity contribution in [1.29, 1.82) is 0 Å². The van der Waals surface area contributed by atoms with Crippen molar-refractivity contribution in [2.24, 2.45) is 0 Å². The molecule has 0 amide bonds. The van der Waals surface area contributed by atoms with Crippen LogP contribution in [0.2, 0.25) is 0 Å². The molecule has 0 radical (unpaired) electrons. The molecule has 2 aromatic carbocycles. The van der Waals surface area contributed by atoms with Gasteiger partial charge in [0, 0.05) is 36.0 Å². The smallest absolute Gasteiger partial charge is 0.383 e. The second-order valence-corrected chi connectivity index (χ2v) is 5.57. The molecule has 0 saturated carbocycles. The van der Waals surface area contributed by atoms with Crippen molar-refractivity contribution in [2.75, 3.05) is 25.6 Å². The molecule has 0 spiro atoms. The van der Waals surface area contributed by atoms with E-state index in [0.29, 0.717) is 0 Å². The summed E-state index contributed by atoms with van der Waals surface area (Å²) >= 11 is 0. The second-order valence-electron chi connectivity index (χ2n) is 5.57. The third kappa shape index (κ3) is 3.02. The highest BCUT2D eigenvalue weighted by Crippen LogP contribution is 2.38. The predicted octanol–water partition coefficient (Wildman–Crippen LogP) is 3.54. The summed E-state index contributed by atoms with van der Waals surface area (Å²) in [6.07, 6.45) is -4.63. The molecule has 0 aliphatic heterocycles. The van der Waals surface area contributed by atoms with Gasteiger partial charge in [-0.05, 0) is 12.1 Å². The summed E-state index contributed by atoms with van der Waals surface area (Å²) < 4.78 is 44.5. The van der Waals surface area contributed by atoms with Crippen molar-refractivity contribution in [3.8, 4) is 0 Å². The molecule has 0 atom stereocenters. The van der Waals surface area contributed by atoms with Crippen LogP contribution in [0.4, 0.5) is 18.9 Å². The first kappa shape index (κ1) is 17.2. The molecule has 2 aromatic rings. The molecule has 0 bridgehead atoms. The Hall–Kier alpha value is -2.67. The van der Waals surface area contributed by atoms with Crippen LogP contribution in [-0.2, 0) is 10.9 Å². The summed E-state index contributed by atoms with van der Waals surface area (Å²) in [5.41, 5.74) is -0.968. The maximum absolute atomic E-state index is 13.2. The van der Waals surface area contributed by atoms with Gasteiger partial charge in [-0.1, -0.05) is 24.3 Å². The highest BCUT2D eigenvalue weighted by molar-refractivity contribution is 6.30. The number of carbonyl (C=O) groups is 2. The van der Waals surface area contributed by atoms with Crippen molar-refractivity contribution in [2.45, 2.75) is 6.18 Å². The number of nitrogens with one attached hydrogen (secondary N) is 1. The van der Waals surface area contributed by atoms with Crippen LogP contribution in [0.3, 0.4) is 0 Å². The van der Waals surface area contributed by atoms with Crippen LogP contribution in [0, 0.1) is 0 Å². The lowest BCUT2D eigenvalue weighted by molar-refractivity contribution is -0.137. The van der Waals surface area contributed by atoms with Gasteiger partial charge in [-0.2, -0.15) is 13.2 Å². The van der Waals surface area contributed by atoms with Gasteiger partial charge in [-0.3, -0.25) is 9.59 Å². The Morgan fingerprint density at radius 2 is 1.64 bits per heavy atom. The van der Waals surface area contributed by atoms with E-state index < -0.39 is 23.3 Å². The van der Waals surface area contributed by atoms with Crippen LogP contribution >= 0.6 is 0 Å². The normalized spacial score (nSPS) is 13.4. The van der Waals surface area contributed by atoms with Crippen LogP contribution in [0.1, 0.15) is 37.4 Å². The summed E-state index contributed by atoms with van der Waals surface area (Å²) in [5, 5.41) is 2.77. The predicted molar refractivity (Wildman–Crippen MR) is 85.1 cm³/mol. The third-order valence-corrected chi connectivity index (χ3v) is 3.98. The molecule has 0 saturated heterocycles. The highest BCUT2D eigenvalue weighted by atomic mass is 19.4. The first-order valence-electron chi connectivity index (χ1n) is 7.51. The molecule has 1 aliphatic rings.